The van der Waals surface area contributed by atoms with Crippen LogP contribution in [0.4, 0.5) is 0 Å². The van der Waals surface area contributed by atoms with Gasteiger partial charge in [0.25, 0.3) is 0 Å². The lowest BCUT2D eigenvalue weighted by molar-refractivity contribution is -0.142. The highest BCUT2D eigenvalue weighted by Gasteiger charge is 2.17. The predicted molar refractivity (Wildman–Crippen MR) is 63.2 cm³/mol. The molecule has 0 aliphatic rings. The van der Waals surface area contributed by atoms with Crippen molar-refractivity contribution in [3.05, 3.63) is 23.8 Å². The third-order valence-electron chi connectivity index (χ3n) is 2.69. The highest BCUT2D eigenvalue weighted by atomic mass is 16.5. The maximum atomic E-state index is 10.8. The van der Waals surface area contributed by atoms with Crippen LogP contribution in [0.5, 0.6) is 11.5 Å². The van der Waals surface area contributed by atoms with Crippen molar-refractivity contribution in [2.24, 2.45) is 0 Å². The lowest BCUT2D eigenvalue weighted by Gasteiger charge is -2.21. The zero-order valence-corrected chi connectivity index (χ0v) is 10.2. The normalized spacial score (nSPS) is 12.5. The minimum atomic E-state index is -0.863. The standard InChI is InChI=1S/C12H17NO4/c1-8(12(15)16)13(2)7-9-4-5-10(14)11(6-9)17-3/h4-6,8,14H,7H2,1-3H3,(H,15,16)/t8-/m0/s1. The molecule has 0 heterocycles. The van der Waals surface area contributed by atoms with E-state index in [1.54, 1.807) is 31.0 Å². The fourth-order valence-electron chi connectivity index (χ4n) is 1.43. The Labute approximate surface area is 100 Å². The number of carboxylic acid groups (broad SMARTS) is 1. The number of ether oxygens (including phenoxy) is 1. The third-order valence-corrected chi connectivity index (χ3v) is 2.69. The summed E-state index contributed by atoms with van der Waals surface area (Å²) in [6.07, 6.45) is 0. The van der Waals surface area contributed by atoms with Crippen LogP contribution in [0, 0.1) is 0 Å². The maximum Gasteiger partial charge on any atom is 0.320 e. The van der Waals surface area contributed by atoms with Gasteiger partial charge in [-0.1, -0.05) is 6.07 Å². The maximum absolute atomic E-state index is 10.8. The Balaban J connectivity index is 2.78. The van der Waals surface area contributed by atoms with Gasteiger partial charge in [0.15, 0.2) is 11.5 Å². The quantitative estimate of drug-likeness (QED) is 0.810. The predicted octanol–water partition coefficient (Wildman–Crippen LogP) is 1.31. The number of phenolic OH excluding ortho intramolecular Hbond substituents is 1. The fourth-order valence-corrected chi connectivity index (χ4v) is 1.43. The topological polar surface area (TPSA) is 70.0 Å². The highest BCUT2D eigenvalue weighted by Crippen LogP contribution is 2.26. The molecule has 0 saturated carbocycles. The van der Waals surface area contributed by atoms with Gasteiger partial charge in [0.05, 0.1) is 7.11 Å². The molecule has 0 aliphatic carbocycles. The van der Waals surface area contributed by atoms with E-state index in [9.17, 15) is 9.90 Å². The number of methoxy groups -OCH3 is 1. The van der Waals surface area contributed by atoms with E-state index in [0.29, 0.717) is 12.3 Å². The number of aliphatic carboxylic acids is 1. The van der Waals surface area contributed by atoms with Gasteiger partial charge in [-0.15, -0.1) is 0 Å². The molecule has 5 nitrogen and oxygen atoms in total. The van der Waals surface area contributed by atoms with Crippen LogP contribution in [0.25, 0.3) is 0 Å². The van der Waals surface area contributed by atoms with Crippen molar-refractivity contribution in [3.8, 4) is 11.5 Å². The first-order valence-electron chi connectivity index (χ1n) is 5.24. The molecule has 1 aromatic carbocycles. The first-order chi connectivity index (χ1) is 7.95. The second-order valence-corrected chi connectivity index (χ2v) is 3.94. The van der Waals surface area contributed by atoms with Crippen molar-refractivity contribution in [2.75, 3.05) is 14.2 Å². The van der Waals surface area contributed by atoms with Crippen LogP contribution in [-0.2, 0) is 11.3 Å². The van der Waals surface area contributed by atoms with Gasteiger partial charge in [-0.25, -0.2) is 0 Å². The Bertz CT molecular complexity index is 405. The van der Waals surface area contributed by atoms with E-state index in [-0.39, 0.29) is 5.75 Å². The van der Waals surface area contributed by atoms with Crippen LogP contribution < -0.4 is 4.74 Å². The Kier molecular flexibility index (Phi) is 4.34. The summed E-state index contributed by atoms with van der Waals surface area (Å²) in [7, 11) is 3.21. The molecule has 1 atom stereocenters. The number of hydrogen-bond donors (Lipinski definition) is 2. The van der Waals surface area contributed by atoms with Crippen LogP contribution in [0.3, 0.4) is 0 Å². The molecule has 0 aliphatic heterocycles. The smallest absolute Gasteiger partial charge is 0.320 e. The number of nitrogens with zero attached hydrogens (tertiary/aromatic N) is 1. The van der Waals surface area contributed by atoms with Crippen molar-refractivity contribution in [1.82, 2.24) is 4.90 Å². The van der Waals surface area contributed by atoms with Crippen LogP contribution in [0.1, 0.15) is 12.5 Å². The summed E-state index contributed by atoms with van der Waals surface area (Å²) in [4.78, 5) is 12.5. The van der Waals surface area contributed by atoms with Crippen molar-refractivity contribution in [3.63, 3.8) is 0 Å². The summed E-state index contributed by atoms with van der Waals surface area (Å²) in [6.45, 7) is 2.10. The largest absolute Gasteiger partial charge is 0.504 e. The van der Waals surface area contributed by atoms with Gasteiger partial charge in [0.1, 0.15) is 6.04 Å². The average Bonchev–Trinajstić information content (AvgIpc) is 2.30. The van der Waals surface area contributed by atoms with E-state index in [1.807, 2.05) is 0 Å². The summed E-state index contributed by atoms with van der Waals surface area (Å²) in [6, 6.07) is 4.41. The highest BCUT2D eigenvalue weighted by molar-refractivity contribution is 5.72. The van der Waals surface area contributed by atoms with Gasteiger partial charge in [0, 0.05) is 6.54 Å². The van der Waals surface area contributed by atoms with E-state index < -0.39 is 12.0 Å². The lowest BCUT2D eigenvalue weighted by Crippen LogP contribution is -2.35. The van der Waals surface area contributed by atoms with E-state index >= 15 is 0 Å². The average molecular weight is 239 g/mol. The number of carboxylic acids is 1. The number of likely N-dealkylation sites (N-methyl/N-ethyl adjacent to an activating group) is 1. The Morgan fingerprint density at radius 3 is 2.71 bits per heavy atom. The first kappa shape index (κ1) is 13.3. The number of benzene rings is 1. The third kappa shape index (κ3) is 3.35. The van der Waals surface area contributed by atoms with Gasteiger partial charge >= 0.3 is 5.97 Å². The summed E-state index contributed by atoms with van der Waals surface area (Å²) < 4.78 is 4.99. The molecule has 0 amide bonds. The molecule has 1 rings (SSSR count). The molecule has 2 N–H and O–H groups in total. The molecule has 0 spiro atoms. The molecule has 0 bridgehead atoms. The van der Waals surface area contributed by atoms with Crippen LogP contribution >= 0.6 is 0 Å². The molecular formula is C12H17NO4. The van der Waals surface area contributed by atoms with Crippen molar-refractivity contribution < 1.29 is 19.7 Å². The molecule has 0 radical (unpaired) electrons. The number of hydrogen-bond acceptors (Lipinski definition) is 4. The van der Waals surface area contributed by atoms with E-state index in [0.717, 1.165) is 5.56 Å². The zero-order valence-electron chi connectivity index (χ0n) is 10.2. The second-order valence-electron chi connectivity index (χ2n) is 3.94. The van der Waals surface area contributed by atoms with Gasteiger partial charge in [-0.2, -0.15) is 0 Å². The second kappa shape index (κ2) is 5.54. The van der Waals surface area contributed by atoms with Gasteiger partial charge in [-0.3, -0.25) is 9.69 Å². The van der Waals surface area contributed by atoms with E-state index in [4.69, 9.17) is 9.84 Å². The van der Waals surface area contributed by atoms with Gasteiger partial charge in [-0.05, 0) is 31.7 Å². The Morgan fingerprint density at radius 1 is 1.53 bits per heavy atom. The molecule has 5 heteroatoms. The number of aromatic hydroxyl groups is 1. The van der Waals surface area contributed by atoms with Gasteiger partial charge in [0.2, 0.25) is 0 Å². The SMILES string of the molecule is COc1cc(CN(C)[C@@H](C)C(=O)O)ccc1O. The number of phenols is 1. The summed E-state index contributed by atoms with van der Waals surface area (Å²) in [5, 5.41) is 18.3. The number of carbonyl (C=O) groups is 1. The van der Waals surface area contributed by atoms with E-state index in [2.05, 4.69) is 0 Å². The van der Waals surface area contributed by atoms with Crippen molar-refractivity contribution in [2.45, 2.75) is 19.5 Å². The van der Waals surface area contributed by atoms with Crippen LogP contribution in [0.2, 0.25) is 0 Å². The first-order valence-corrected chi connectivity index (χ1v) is 5.24. The lowest BCUT2D eigenvalue weighted by atomic mass is 10.1. The van der Waals surface area contributed by atoms with Crippen molar-refractivity contribution in [1.29, 1.82) is 0 Å². The molecule has 0 fully saturated rings. The number of rotatable bonds is 5. The molecule has 0 saturated heterocycles. The van der Waals surface area contributed by atoms with Gasteiger partial charge < -0.3 is 14.9 Å². The molecule has 0 aromatic heterocycles. The summed E-state index contributed by atoms with van der Waals surface area (Å²) in [5.41, 5.74) is 0.884. The molecule has 0 unspecified atom stereocenters. The van der Waals surface area contributed by atoms with Crippen LogP contribution in [0.15, 0.2) is 18.2 Å². The Morgan fingerprint density at radius 2 is 2.18 bits per heavy atom. The minimum Gasteiger partial charge on any atom is -0.504 e. The monoisotopic (exact) mass is 239 g/mol. The summed E-state index contributed by atoms with van der Waals surface area (Å²) in [5.74, 6) is -0.401. The zero-order chi connectivity index (χ0) is 13.0. The molecular weight excluding hydrogens is 222 g/mol. The van der Waals surface area contributed by atoms with E-state index in [1.165, 1.54) is 13.2 Å². The summed E-state index contributed by atoms with van der Waals surface area (Å²) >= 11 is 0. The minimum absolute atomic E-state index is 0.0742. The molecule has 17 heavy (non-hydrogen) atoms. The molecule has 1 aromatic rings. The fraction of sp³-hybridized carbons (Fsp3) is 0.417. The Hall–Kier alpha value is -1.75. The molecule has 94 valence electrons. The van der Waals surface area contributed by atoms with Crippen molar-refractivity contribution >= 4 is 5.97 Å². The van der Waals surface area contributed by atoms with Crippen LogP contribution in [-0.4, -0.2) is 41.3 Å².